The number of nitro benzene ring substituents is 1. The van der Waals surface area contributed by atoms with Gasteiger partial charge in [-0.1, -0.05) is 12.1 Å². The highest BCUT2D eigenvalue weighted by Gasteiger charge is 2.18. The lowest BCUT2D eigenvalue weighted by Crippen LogP contribution is -2.03. The largest absolute Gasteiger partial charge is 0.478 e. The van der Waals surface area contributed by atoms with E-state index in [1.54, 1.807) is 6.07 Å². The minimum absolute atomic E-state index is 0.160. The first-order chi connectivity index (χ1) is 9.90. The summed E-state index contributed by atoms with van der Waals surface area (Å²) in [5, 5.41) is 29.0. The van der Waals surface area contributed by atoms with E-state index < -0.39 is 16.9 Å². The molecule has 0 aliphatic heterocycles. The topological polar surface area (TPSA) is 118 Å². The van der Waals surface area contributed by atoms with Crippen LogP contribution < -0.4 is 0 Å². The summed E-state index contributed by atoms with van der Waals surface area (Å²) >= 11 is 0. The second-order valence-corrected chi connectivity index (χ2v) is 4.18. The normalized spacial score (nSPS) is 10.1. The van der Waals surface area contributed by atoms with Crippen molar-refractivity contribution in [1.29, 1.82) is 0 Å². The summed E-state index contributed by atoms with van der Waals surface area (Å²) in [5.41, 5.74) is -0.393. The first-order valence-corrected chi connectivity index (χ1v) is 5.75. The molecule has 0 saturated heterocycles. The molecular weight excluding hydrogens is 278 g/mol. The fraction of sp³-hybridized carbons (Fsp3) is 0. The Hall–Kier alpha value is -3.22. The number of carboxylic acids is 2. The van der Waals surface area contributed by atoms with Crippen LogP contribution in [0.5, 0.6) is 0 Å². The number of hydrogen-bond acceptors (Lipinski definition) is 4. The van der Waals surface area contributed by atoms with Crippen molar-refractivity contribution in [3.05, 3.63) is 63.7 Å². The van der Waals surface area contributed by atoms with Gasteiger partial charge in [0.1, 0.15) is 0 Å². The maximum Gasteiger partial charge on any atom is 0.335 e. The molecule has 7 heteroatoms. The van der Waals surface area contributed by atoms with Gasteiger partial charge in [0.05, 0.1) is 21.6 Å². The van der Waals surface area contributed by atoms with Gasteiger partial charge in [0.2, 0.25) is 0 Å². The average molecular weight is 287 g/mol. The van der Waals surface area contributed by atoms with Crippen LogP contribution in [0, 0.1) is 10.1 Å². The lowest BCUT2D eigenvalue weighted by Gasteiger charge is -2.06. The smallest absolute Gasteiger partial charge is 0.335 e. The summed E-state index contributed by atoms with van der Waals surface area (Å²) in [4.78, 5) is 32.5. The summed E-state index contributed by atoms with van der Waals surface area (Å²) < 4.78 is 0. The standard InChI is InChI=1S/C14H9NO6/c16-13(17)9-5-8(6-10(7-9)14(18)19)11-3-1-2-4-12(11)15(20)21/h1-7H,(H,16,17)(H,18,19). The molecule has 0 aromatic heterocycles. The van der Waals surface area contributed by atoms with Gasteiger partial charge in [-0.3, -0.25) is 10.1 Å². The van der Waals surface area contributed by atoms with Crippen molar-refractivity contribution in [2.24, 2.45) is 0 Å². The number of carbonyl (C=O) groups is 2. The highest BCUT2D eigenvalue weighted by Crippen LogP contribution is 2.31. The molecule has 0 amide bonds. The van der Waals surface area contributed by atoms with Gasteiger partial charge in [0.15, 0.2) is 0 Å². The number of nitrogens with zero attached hydrogens (tertiary/aromatic N) is 1. The summed E-state index contributed by atoms with van der Waals surface area (Å²) in [6.45, 7) is 0. The Labute approximate surface area is 118 Å². The number of rotatable bonds is 4. The van der Waals surface area contributed by atoms with E-state index in [2.05, 4.69) is 0 Å². The van der Waals surface area contributed by atoms with Crippen molar-refractivity contribution in [2.75, 3.05) is 0 Å². The van der Waals surface area contributed by atoms with Gasteiger partial charge >= 0.3 is 11.9 Å². The molecule has 0 aliphatic carbocycles. The van der Waals surface area contributed by atoms with Crippen LogP contribution >= 0.6 is 0 Å². The number of carboxylic acid groups (broad SMARTS) is 2. The van der Waals surface area contributed by atoms with Gasteiger partial charge in [-0.2, -0.15) is 0 Å². The number of para-hydroxylation sites is 1. The lowest BCUT2D eigenvalue weighted by molar-refractivity contribution is -0.384. The molecule has 0 bridgehead atoms. The molecule has 7 nitrogen and oxygen atoms in total. The summed E-state index contributed by atoms with van der Waals surface area (Å²) in [6, 6.07) is 9.14. The van der Waals surface area contributed by atoms with Gasteiger partial charge in [-0.05, 0) is 29.8 Å². The molecule has 2 rings (SSSR count). The molecule has 0 fully saturated rings. The molecule has 21 heavy (non-hydrogen) atoms. The van der Waals surface area contributed by atoms with Crippen molar-refractivity contribution < 1.29 is 24.7 Å². The van der Waals surface area contributed by atoms with Gasteiger partial charge in [0, 0.05) is 6.07 Å². The highest BCUT2D eigenvalue weighted by atomic mass is 16.6. The van der Waals surface area contributed by atoms with Crippen LogP contribution in [0.25, 0.3) is 11.1 Å². The van der Waals surface area contributed by atoms with Crippen LogP contribution in [0.2, 0.25) is 0 Å². The molecule has 2 aromatic carbocycles. The summed E-state index contributed by atoms with van der Waals surface area (Å²) in [5.74, 6) is -2.61. The molecular formula is C14H9NO6. The Morgan fingerprint density at radius 1 is 0.952 bits per heavy atom. The van der Waals surface area contributed by atoms with E-state index in [1.165, 1.54) is 30.3 Å². The second-order valence-electron chi connectivity index (χ2n) is 4.18. The third-order valence-corrected chi connectivity index (χ3v) is 2.84. The zero-order valence-corrected chi connectivity index (χ0v) is 10.5. The third kappa shape index (κ3) is 2.86. The zero-order valence-electron chi connectivity index (χ0n) is 10.5. The minimum atomic E-state index is -1.31. The van der Waals surface area contributed by atoms with Crippen LogP contribution in [0.4, 0.5) is 5.69 Å². The van der Waals surface area contributed by atoms with Crippen molar-refractivity contribution in [3.8, 4) is 11.1 Å². The maximum absolute atomic E-state index is 11.1. The molecule has 2 aromatic rings. The first kappa shape index (κ1) is 14.2. The van der Waals surface area contributed by atoms with E-state index in [-0.39, 0.29) is 27.9 Å². The van der Waals surface area contributed by atoms with E-state index in [0.29, 0.717) is 0 Å². The van der Waals surface area contributed by atoms with E-state index in [0.717, 1.165) is 6.07 Å². The van der Waals surface area contributed by atoms with Crippen molar-refractivity contribution in [1.82, 2.24) is 0 Å². The van der Waals surface area contributed by atoms with E-state index >= 15 is 0 Å². The first-order valence-electron chi connectivity index (χ1n) is 5.75. The Kier molecular flexibility index (Phi) is 3.66. The number of nitro groups is 1. The van der Waals surface area contributed by atoms with Gasteiger partial charge < -0.3 is 10.2 Å². The zero-order chi connectivity index (χ0) is 15.6. The monoisotopic (exact) mass is 287 g/mol. The molecule has 0 unspecified atom stereocenters. The van der Waals surface area contributed by atoms with Crippen LogP contribution in [0.3, 0.4) is 0 Å². The third-order valence-electron chi connectivity index (χ3n) is 2.84. The average Bonchev–Trinajstić information content (AvgIpc) is 2.46. The van der Waals surface area contributed by atoms with E-state index in [1.807, 2.05) is 0 Å². The minimum Gasteiger partial charge on any atom is -0.478 e. The Morgan fingerprint density at radius 2 is 1.48 bits per heavy atom. The van der Waals surface area contributed by atoms with Crippen LogP contribution in [-0.2, 0) is 0 Å². The summed E-state index contributed by atoms with van der Waals surface area (Å²) in [6.07, 6.45) is 0. The molecule has 0 aliphatic rings. The molecule has 106 valence electrons. The van der Waals surface area contributed by atoms with Crippen molar-refractivity contribution in [3.63, 3.8) is 0 Å². The van der Waals surface area contributed by atoms with Crippen LogP contribution in [-0.4, -0.2) is 27.1 Å². The fourth-order valence-corrected chi connectivity index (χ4v) is 1.91. The number of hydrogen-bond donors (Lipinski definition) is 2. The van der Waals surface area contributed by atoms with Crippen molar-refractivity contribution >= 4 is 17.6 Å². The van der Waals surface area contributed by atoms with Gasteiger partial charge in [-0.25, -0.2) is 9.59 Å². The molecule has 0 atom stereocenters. The van der Waals surface area contributed by atoms with Crippen molar-refractivity contribution in [2.45, 2.75) is 0 Å². The Morgan fingerprint density at radius 3 is 1.95 bits per heavy atom. The van der Waals surface area contributed by atoms with Gasteiger partial charge in [-0.15, -0.1) is 0 Å². The predicted molar refractivity (Wildman–Crippen MR) is 72.5 cm³/mol. The number of aromatic carboxylic acids is 2. The molecule has 0 heterocycles. The highest BCUT2D eigenvalue weighted by molar-refractivity contribution is 5.96. The lowest BCUT2D eigenvalue weighted by atomic mass is 9.98. The van der Waals surface area contributed by atoms with Gasteiger partial charge in [0.25, 0.3) is 5.69 Å². The Balaban J connectivity index is 2.72. The maximum atomic E-state index is 11.1. The fourth-order valence-electron chi connectivity index (χ4n) is 1.91. The number of benzene rings is 2. The Bertz CT molecular complexity index is 721. The second kappa shape index (κ2) is 5.41. The quantitative estimate of drug-likeness (QED) is 0.659. The van der Waals surface area contributed by atoms with Crippen LogP contribution in [0.15, 0.2) is 42.5 Å². The predicted octanol–water partition coefficient (Wildman–Crippen LogP) is 2.66. The van der Waals surface area contributed by atoms with E-state index in [4.69, 9.17) is 10.2 Å². The molecule has 2 N–H and O–H groups in total. The molecule has 0 spiro atoms. The summed E-state index contributed by atoms with van der Waals surface area (Å²) in [7, 11) is 0. The van der Waals surface area contributed by atoms with E-state index in [9.17, 15) is 19.7 Å². The van der Waals surface area contributed by atoms with Crippen LogP contribution in [0.1, 0.15) is 20.7 Å². The molecule has 0 radical (unpaired) electrons. The molecule has 0 saturated carbocycles. The SMILES string of the molecule is O=C(O)c1cc(C(=O)O)cc(-c2ccccc2[N+](=O)[O-])c1.